The summed E-state index contributed by atoms with van der Waals surface area (Å²) in [5.41, 5.74) is 6.18. The maximum absolute atomic E-state index is 12.1. The molecule has 0 spiro atoms. The van der Waals surface area contributed by atoms with E-state index in [1.54, 1.807) is 25.1 Å². The number of aryl methyl sites for hydroxylation is 1. The van der Waals surface area contributed by atoms with Crippen molar-refractivity contribution in [2.24, 2.45) is 5.10 Å². The number of carbonyl (C=O) groups excluding carboxylic acids is 3. The Hall–Kier alpha value is -3.62. The number of ether oxygens (including phenoxy) is 1. The number of hydrogen-bond acceptors (Lipinski definition) is 5. The van der Waals surface area contributed by atoms with E-state index in [0.29, 0.717) is 21.3 Å². The van der Waals surface area contributed by atoms with Gasteiger partial charge in [0.15, 0.2) is 0 Å². The van der Waals surface area contributed by atoms with Gasteiger partial charge in [-0.15, -0.1) is 0 Å². The van der Waals surface area contributed by atoms with Crippen molar-refractivity contribution in [2.45, 2.75) is 20.8 Å². The van der Waals surface area contributed by atoms with Crippen molar-refractivity contribution in [1.82, 2.24) is 9.99 Å². The Kier molecular flexibility index (Phi) is 8.09. The Morgan fingerprint density at radius 2 is 1.65 bits per heavy atom. The van der Waals surface area contributed by atoms with Gasteiger partial charge in [0, 0.05) is 38.4 Å². The van der Waals surface area contributed by atoms with Crippen LogP contribution in [-0.2, 0) is 14.3 Å². The Morgan fingerprint density at radius 1 is 1.00 bits per heavy atom. The third kappa shape index (κ3) is 6.03. The molecule has 1 heterocycles. The maximum Gasteiger partial charge on any atom is 0.338 e. The number of aromatic nitrogens is 1. The first-order valence-electron chi connectivity index (χ1n) is 10.3. The van der Waals surface area contributed by atoms with E-state index in [1.807, 2.05) is 24.5 Å². The molecule has 0 aliphatic rings. The van der Waals surface area contributed by atoms with E-state index in [1.165, 1.54) is 30.5 Å². The van der Waals surface area contributed by atoms with Crippen LogP contribution in [0.25, 0.3) is 5.69 Å². The molecule has 2 N–H and O–H groups in total. The topological polar surface area (TPSA) is 102 Å². The summed E-state index contributed by atoms with van der Waals surface area (Å²) in [5, 5.41) is 7.36. The molecule has 2 amide bonds. The molecule has 8 nitrogen and oxygen atoms in total. The summed E-state index contributed by atoms with van der Waals surface area (Å²) in [7, 11) is 0. The predicted molar refractivity (Wildman–Crippen MR) is 132 cm³/mol. The SMILES string of the molecule is CCOC(=O)c1ccc(NC(=O)C(=O)NN=Cc2cc(C)n(-c3cc(Cl)cc(Cl)c3)c2C)cc1. The highest BCUT2D eigenvalue weighted by molar-refractivity contribution is 6.39. The molecule has 176 valence electrons. The summed E-state index contributed by atoms with van der Waals surface area (Å²) in [5.74, 6) is -2.31. The number of carbonyl (C=O) groups is 3. The summed E-state index contributed by atoms with van der Waals surface area (Å²) in [6.45, 7) is 5.77. The maximum atomic E-state index is 12.1. The lowest BCUT2D eigenvalue weighted by atomic mass is 10.2. The fraction of sp³-hybridized carbons (Fsp3) is 0.167. The first-order chi connectivity index (χ1) is 16.2. The molecular weight excluding hydrogens is 479 g/mol. The minimum Gasteiger partial charge on any atom is -0.462 e. The first kappa shape index (κ1) is 25.0. The lowest BCUT2D eigenvalue weighted by molar-refractivity contribution is -0.136. The van der Waals surface area contributed by atoms with Crippen LogP contribution < -0.4 is 10.7 Å². The molecule has 0 bridgehead atoms. The largest absolute Gasteiger partial charge is 0.462 e. The van der Waals surface area contributed by atoms with Gasteiger partial charge in [0.05, 0.1) is 18.4 Å². The summed E-state index contributed by atoms with van der Waals surface area (Å²) in [6, 6.07) is 13.1. The van der Waals surface area contributed by atoms with Crippen LogP contribution in [0.1, 0.15) is 34.2 Å². The molecule has 3 aromatic rings. The molecule has 1 aromatic heterocycles. The predicted octanol–water partition coefficient (Wildman–Crippen LogP) is 4.67. The van der Waals surface area contributed by atoms with Crippen LogP contribution in [0, 0.1) is 13.8 Å². The molecule has 0 saturated heterocycles. The van der Waals surface area contributed by atoms with Crippen molar-refractivity contribution >= 4 is 52.9 Å². The van der Waals surface area contributed by atoms with Gasteiger partial charge in [0.1, 0.15) is 0 Å². The zero-order valence-corrected chi connectivity index (χ0v) is 20.2. The number of hydrazone groups is 1. The Bertz CT molecular complexity index is 1250. The van der Waals surface area contributed by atoms with Crippen molar-refractivity contribution in [3.05, 3.63) is 81.1 Å². The summed E-state index contributed by atoms with van der Waals surface area (Å²) in [4.78, 5) is 35.9. The molecule has 0 radical (unpaired) electrons. The van der Waals surface area contributed by atoms with Gasteiger partial charge < -0.3 is 14.6 Å². The number of halogens is 2. The van der Waals surface area contributed by atoms with E-state index < -0.39 is 17.8 Å². The fourth-order valence-corrected chi connectivity index (χ4v) is 3.80. The van der Waals surface area contributed by atoms with Gasteiger partial charge in [0.2, 0.25) is 0 Å². The molecule has 0 aliphatic heterocycles. The van der Waals surface area contributed by atoms with Crippen LogP contribution in [-0.4, -0.2) is 35.2 Å². The van der Waals surface area contributed by atoms with Gasteiger partial charge >= 0.3 is 17.8 Å². The van der Waals surface area contributed by atoms with Crippen molar-refractivity contribution < 1.29 is 19.1 Å². The number of amides is 2. The van der Waals surface area contributed by atoms with E-state index in [0.717, 1.165) is 22.6 Å². The molecule has 34 heavy (non-hydrogen) atoms. The Morgan fingerprint density at radius 3 is 2.26 bits per heavy atom. The highest BCUT2D eigenvalue weighted by Crippen LogP contribution is 2.26. The van der Waals surface area contributed by atoms with Crippen LogP contribution in [0.2, 0.25) is 10.0 Å². The molecule has 2 aromatic carbocycles. The highest BCUT2D eigenvalue weighted by Gasteiger charge is 2.15. The van der Waals surface area contributed by atoms with Gasteiger partial charge in [0.25, 0.3) is 0 Å². The zero-order valence-electron chi connectivity index (χ0n) is 18.7. The third-order valence-electron chi connectivity index (χ3n) is 4.81. The quantitative estimate of drug-likeness (QED) is 0.222. The summed E-state index contributed by atoms with van der Waals surface area (Å²) in [6.07, 6.45) is 1.45. The number of hydrogen-bond donors (Lipinski definition) is 2. The molecular formula is C24H22Cl2N4O4. The van der Waals surface area contributed by atoms with Gasteiger partial charge in [-0.3, -0.25) is 9.59 Å². The minimum atomic E-state index is -0.943. The van der Waals surface area contributed by atoms with Crippen LogP contribution in [0.4, 0.5) is 5.69 Å². The van der Waals surface area contributed by atoms with Crippen molar-refractivity contribution in [3.63, 3.8) is 0 Å². The van der Waals surface area contributed by atoms with E-state index in [9.17, 15) is 14.4 Å². The first-order valence-corrected chi connectivity index (χ1v) is 11.0. The Balaban J connectivity index is 1.63. The third-order valence-corrected chi connectivity index (χ3v) is 5.24. The standard InChI is InChI=1S/C24H22Cl2N4O4/c1-4-34-24(33)16-5-7-20(8-6-16)28-22(31)23(32)29-27-13-17-9-14(2)30(15(17)3)21-11-18(25)10-19(26)12-21/h5-13H,4H2,1-3H3,(H,28,31)(H,29,32). The van der Waals surface area contributed by atoms with Gasteiger partial charge in [-0.25, -0.2) is 10.2 Å². The zero-order chi connectivity index (χ0) is 24.8. The summed E-state index contributed by atoms with van der Waals surface area (Å²) < 4.78 is 6.85. The second-order valence-corrected chi connectivity index (χ2v) is 8.11. The van der Waals surface area contributed by atoms with Crippen LogP contribution >= 0.6 is 23.2 Å². The number of rotatable bonds is 6. The molecule has 0 aliphatic carbocycles. The highest BCUT2D eigenvalue weighted by atomic mass is 35.5. The molecule has 3 rings (SSSR count). The van der Waals surface area contributed by atoms with Crippen LogP contribution in [0.5, 0.6) is 0 Å². The number of benzene rings is 2. The van der Waals surface area contributed by atoms with E-state index in [-0.39, 0.29) is 6.61 Å². The second kappa shape index (κ2) is 11.0. The van der Waals surface area contributed by atoms with E-state index in [2.05, 4.69) is 15.8 Å². The molecule has 0 fully saturated rings. The normalized spacial score (nSPS) is 10.9. The van der Waals surface area contributed by atoms with Gasteiger partial charge in [-0.1, -0.05) is 23.2 Å². The molecule has 0 atom stereocenters. The fourth-order valence-electron chi connectivity index (χ4n) is 3.29. The van der Waals surface area contributed by atoms with Crippen molar-refractivity contribution in [2.75, 3.05) is 11.9 Å². The van der Waals surface area contributed by atoms with Crippen molar-refractivity contribution in [1.29, 1.82) is 0 Å². The lowest BCUT2D eigenvalue weighted by Gasteiger charge is -2.10. The lowest BCUT2D eigenvalue weighted by Crippen LogP contribution is -2.32. The minimum absolute atomic E-state index is 0.261. The van der Waals surface area contributed by atoms with Gasteiger partial charge in [-0.2, -0.15) is 5.10 Å². The van der Waals surface area contributed by atoms with E-state index >= 15 is 0 Å². The second-order valence-electron chi connectivity index (χ2n) is 7.24. The number of nitrogens with one attached hydrogen (secondary N) is 2. The van der Waals surface area contributed by atoms with Crippen LogP contribution in [0.15, 0.2) is 53.6 Å². The van der Waals surface area contributed by atoms with Crippen LogP contribution in [0.3, 0.4) is 0 Å². The number of nitrogens with zero attached hydrogens (tertiary/aromatic N) is 2. The smallest absolute Gasteiger partial charge is 0.338 e. The average Bonchev–Trinajstić information content (AvgIpc) is 3.06. The Labute approximate surface area is 206 Å². The number of esters is 1. The van der Waals surface area contributed by atoms with Crippen molar-refractivity contribution in [3.8, 4) is 5.69 Å². The number of anilines is 1. The monoisotopic (exact) mass is 500 g/mol. The molecule has 0 saturated carbocycles. The molecule has 10 heteroatoms. The average molecular weight is 501 g/mol. The molecule has 0 unspecified atom stereocenters. The summed E-state index contributed by atoms with van der Waals surface area (Å²) >= 11 is 12.2. The van der Waals surface area contributed by atoms with E-state index in [4.69, 9.17) is 27.9 Å². The van der Waals surface area contributed by atoms with Gasteiger partial charge in [-0.05, 0) is 69.3 Å².